The first-order valence-electron chi connectivity index (χ1n) is 6.62. The molecule has 0 aliphatic carbocycles. The number of hydrogen-bond donors (Lipinski definition) is 0. The van der Waals surface area contributed by atoms with Gasteiger partial charge in [0.05, 0.1) is 5.56 Å². The van der Waals surface area contributed by atoms with Gasteiger partial charge in [-0.15, -0.1) is 11.3 Å². The van der Waals surface area contributed by atoms with Crippen LogP contribution < -0.4 is 9.80 Å². The molecule has 0 aromatic carbocycles. The fourth-order valence-corrected chi connectivity index (χ4v) is 3.05. The monoisotopic (exact) mass is 285 g/mol. The molecule has 0 amide bonds. The number of pyridine rings is 1. The van der Waals surface area contributed by atoms with Crippen LogP contribution in [0.15, 0.2) is 29.9 Å². The normalized spacial score (nSPS) is 15.8. The summed E-state index contributed by atoms with van der Waals surface area (Å²) in [6.45, 7) is 3.90. The number of thiazole rings is 1. The summed E-state index contributed by atoms with van der Waals surface area (Å²) in [5, 5.41) is 11.9. The Morgan fingerprint density at radius 1 is 1.10 bits per heavy atom. The second-order valence-corrected chi connectivity index (χ2v) is 5.53. The number of hydrogen-bond acceptors (Lipinski definition) is 6. The van der Waals surface area contributed by atoms with Gasteiger partial charge in [0.15, 0.2) is 5.13 Å². The SMILES string of the molecule is N#Cc1ccc(N2CCCN(c3nccs3)CC2)nc1. The maximum atomic E-state index is 8.81. The molecule has 0 N–H and O–H groups in total. The van der Waals surface area contributed by atoms with E-state index in [0.717, 1.165) is 43.5 Å². The summed E-state index contributed by atoms with van der Waals surface area (Å²) in [6.07, 6.45) is 4.57. The lowest BCUT2D eigenvalue weighted by Crippen LogP contribution is -2.31. The van der Waals surface area contributed by atoms with Crippen molar-refractivity contribution in [1.82, 2.24) is 9.97 Å². The molecule has 3 heterocycles. The molecule has 20 heavy (non-hydrogen) atoms. The van der Waals surface area contributed by atoms with E-state index in [2.05, 4.69) is 25.8 Å². The summed E-state index contributed by atoms with van der Waals surface area (Å²) in [4.78, 5) is 13.4. The molecule has 5 nitrogen and oxygen atoms in total. The van der Waals surface area contributed by atoms with Crippen molar-refractivity contribution < 1.29 is 0 Å². The Hall–Kier alpha value is -2.13. The maximum Gasteiger partial charge on any atom is 0.185 e. The van der Waals surface area contributed by atoms with Crippen molar-refractivity contribution in [3.63, 3.8) is 0 Å². The van der Waals surface area contributed by atoms with E-state index in [4.69, 9.17) is 5.26 Å². The molecule has 1 fully saturated rings. The molecule has 0 atom stereocenters. The molecule has 0 unspecified atom stereocenters. The predicted octanol–water partition coefficient (Wildman–Crippen LogP) is 2.13. The van der Waals surface area contributed by atoms with E-state index < -0.39 is 0 Å². The Morgan fingerprint density at radius 3 is 2.65 bits per heavy atom. The number of nitrogens with zero attached hydrogens (tertiary/aromatic N) is 5. The summed E-state index contributed by atoms with van der Waals surface area (Å²) >= 11 is 1.69. The van der Waals surface area contributed by atoms with Gasteiger partial charge in [-0.2, -0.15) is 5.26 Å². The second kappa shape index (κ2) is 5.88. The van der Waals surface area contributed by atoms with Crippen molar-refractivity contribution in [3.05, 3.63) is 35.5 Å². The van der Waals surface area contributed by atoms with Gasteiger partial charge < -0.3 is 9.80 Å². The molecule has 0 bridgehead atoms. The molecule has 0 spiro atoms. The topological polar surface area (TPSA) is 56.1 Å². The molecule has 1 saturated heterocycles. The Morgan fingerprint density at radius 2 is 1.95 bits per heavy atom. The van der Waals surface area contributed by atoms with Crippen LogP contribution >= 0.6 is 11.3 Å². The van der Waals surface area contributed by atoms with Gasteiger partial charge in [0.25, 0.3) is 0 Å². The van der Waals surface area contributed by atoms with Crippen LogP contribution in [-0.2, 0) is 0 Å². The summed E-state index contributed by atoms with van der Waals surface area (Å²) < 4.78 is 0. The first-order valence-corrected chi connectivity index (χ1v) is 7.50. The number of nitriles is 1. The average Bonchev–Trinajstić information content (AvgIpc) is 2.92. The van der Waals surface area contributed by atoms with Crippen LogP contribution in [0.2, 0.25) is 0 Å². The highest BCUT2D eigenvalue weighted by molar-refractivity contribution is 7.13. The van der Waals surface area contributed by atoms with Gasteiger partial charge in [-0.1, -0.05) is 0 Å². The van der Waals surface area contributed by atoms with Crippen molar-refractivity contribution in [2.24, 2.45) is 0 Å². The van der Waals surface area contributed by atoms with E-state index in [0.29, 0.717) is 5.56 Å². The number of anilines is 2. The largest absolute Gasteiger partial charge is 0.355 e. The van der Waals surface area contributed by atoms with E-state index in [1.54, 1.807) is 17.5 Å². The Balaban J connectivity index is 1.69. The van der Waals surface area contributed by atoms with E-state index >= 15 is 0 Å². The van der Waals surface area contributed by atoms with Crippen LogP contribution in [0.1, 0.15) is 12.0 Å². The second-order valence-electron chi connectivity index (χ2n) is 4.66. The lowest BCUT2D eigenvalue weighted by atomic mass is 10.3. The van der Waals surface area contributed by atoms with Gasteiger partial charge in [-0.25, -0.2) is 9.97 Å². The molecule has 3 rings (SSSR count). The third-order valence-electron chi connectivity index (χ3n) is 3.39. The fourth-order valence-electron chi connectivity index (χ4n) is 2.35. The molecule has 102 valence electrons. The molecule has 1 aliphatic heterocycles. The molecule has 2 aromatic heterocycles. The fraction of sp³-hybridized carbons (Fsp3) is 0.357. The molecule has 0 radical (unpaired) electrons. The van der Waals surface area contributed by atoms with Gasteiger partial charge in [-0.05, 0) is 18.6 Å². The minimum atomic E-state index is 0.605. The van der Waals surface area contributed by atoms with Gasteiger partial charge in [0.2, 0.25) is 0 Å². The number of rotatable bonds is 2. The minimum absolute atomic E-state index is 0.605. The minimum Gasteiger partial charge on any atom is -0.355 e. The lowest BCUT2D eigenvalue weighted by molar-refractivity contribution is 0.797. The van der Waals surface area contributed by atoms with Crippen LogP contribution in [0.25, 0.3) is 0 Å². The van der Waals surface area contributed by atoms with E-state index in [9.17, 15) is 0 Å². The third-order valence-corrected chi connectivity index (χ3v) is 4.22. The maximum absolute atomic E-state index is 8.81. The smallest absolute Gasteiger partial charge is 0.185 e. The first-order chi connectivity index (χ1) is 9.86. The lowest BCUT2D eigenvalue weighted by Gasteiger charge is -2.22. The molecule has 2 aromatic rings. The molecular weight excluding hydrogens is 270 g/mol. The summed E-state index contributed by atoms with van der Waals surface area (Å²) in [7, 11) is 0. The molecule has 6 heteroatoms. The molecular formula is C14H15N5S. The zero-order valence-corrected chi connectivity index (χ0v) is 11.9. The zero-order valence-electron chi connectivity index (χ0n) is 11.1. The van der Waals surface area contributed by atoms with Gasteiger partial charge in [0.1, 0.15) is 11.9 Å². The highest BCUT2D eigenvalue weighted by Crippen LogP contribution is 2.20. The van der Waals surface area contributed by atoms with Crippen LogP contribution in [0, 0.1) is 11.3 Å². The first kappa shape index (κ1) is 12.9. The Kier molecular flexibility index (Phi) is 3.79. The summed E-state index contributed by atoms with van der Waals surface area (Å²) in [5.74, 6) is 0.949. The van der Waals surface area contributed by atoms with Gasteiger partial charge in [-0.3, -0.25) is 0 Å². The third kappa shape index (κ3) is 2.73. The van der Waals surface area contributed by atoms with E-state index in [1.165, 1.54) is 0 Å². The summed E-state index contributed by atoms with van der Waals surface area (Å²) in [5.41, 5.74) is 0.605. The molecule has 0 saturated carbocycles. The highest BCUT2D eigenvalue weighted by Gasteiger charge is 2.17. The zero-order chi connectivity index (χ0) is 13.8. The Labute approximate surface area is 122 Å². The van der Waals surface area contributed by atoms with Crippen molar-refractivity contribution in [1.29, 1.82) is 5.26 Å². The van der Waals surface area contributed by atoms with Crippen molar-refractivity contribution in [3.8, 4) is 6.07 Å². The van der Waals surface area contributed by atoms with Crippen LogP contribution in [0.4, 0.5) is 10.9 Å². The van der Waals surface area contributed by atoms with E-state index in [-0.39, 0.29) is 0 Å². The highest BCUT2D eigenvalue weighted by atomic mass is 32.1. The van der Waals surface area contributed by atoms with Crippen molar-refractivity contribution >= 4 is 22.3 Å². The average molecular weight is 285 g/mol. The summed E-state index contributed by atoms with van der Waals surface area (Å²) in [6, 6.07) is 5.85. The van der Waals surface area contributed by atoms with Crippen LogP contribution in [-0.4, -0.2) is 36.1 Å². The van der Waals surface area contributed by atoms with Crippen LogP contribution in [0.5, 0.6) is 0 Å². The standard InChI is InChI=1S/C14H15N5S/c15-10-12-2-3-13(17-11-12)18-5-1-6-19(8-7-18)14-16-4-9-20-14/h2-4,9,11H,1,5-8H2. The van der Waals surface area contributed by atoms with E-state index in [1.807, 2.05) is 23.7 Å². The quantitative estimate of drug-likeness (QED) is 0.846. The Bertz CT molecular complexity index is 587. The number of aromatic nitrogens is 2. The molecule has 1 aliphatic rings. The van der Waals surface area contributed by atoms with Crippen molar-refractivity contribution in [2.45, 2.75) is 6.42 Å². The van der Waals surface area contributed by atoms with Gasteiger partial charge in [0, 0.05) is 44.0 Å². The van der Waals surface area contributed by atoms with Gasteiger partial charge >= 0.3 is 0 Å². The van der Waals surface area contributed by atoms with Crippen molar-refractivity contribution in [2.75, 3.05) is 36.0 Å². The van der Waals surface area contributed by atoms with Crippen LogP contribution in [0.3, 0.4) is 0 Å². The predicted molar refractivity (Wildman–Crippen MR) is 80.1 cm³/mol.